The Morgan fingerprint density at radius 1 is 1.30 bits per heavy atom. The maximum Gasteiger partial charge on any atom is 0.276 e. The minimum absolute atomic E-state index is 0.0544. The molecule has 2 aromatic rings. The highest BCUT2D eigenvalue weighted by Gasteiger charge is 2.15. The summed E-state index contributed by atoms with van der Waals surface area (Å²) in [5, 5.41) is 11.3. The zero-order valence-electron chi connectivity index (χ0n) is 10.6. The number of nitro benzene ring substituents is 1. The van der Waals surface area contributed by atoms with Gasteiger partial charge in [0.2, 0.25) is 0 Å². The van der Waals surface area contributed by atoms with Crippen molar-refractivity contribution in [1.29, 1.82) is 0 Å². The van der Waals surface area contributed by atoms with Crippen LogP contribution in [0, 0.1) is 22.9 Å². The second-order valence-corrected chi connectivity index (χ2v) is 4.67. The van der Waals surface area contributed by atoms with E-state index >= 15 is 0 Å². The smallest absolute Gasteiger partial charge is 0.276 e. The molecule has 0 amide bonds. The van der Waals surface area contributed by atoms with Crippen molar-refractivity contribution in [1.82, 2.24) is 0 Å². The van der Waals surface area contributed by atoms with Crippen LogP contribution in [-0.4, -0.2) is 4.92 Å². The van der Waals surface area contributed by atoms with Crippen LogP contribution in [0.4, 0.5) is 10.1 Å². The number of nitro groups is 1. The first-order valence-corrected chi connectivity index (χ1v) is 6.17. The molecule has 6 heteroatoms. The molecule has 0 N–H and O–H groups in total. The Labute approximate surface area is 119 Å². The van der Waals surface area contributed by atoms with E-state index in [1.165, 1.54) is 30.3 Å². The minimum Gasteiger partial charge on any atom is -0.488 e. The van der Waals surface area contributed by atoms with Gasteiger partial charge >= 0.3 is 0 Å². The number of rotatable bonds is 4. The molecule has 2 rings (SSSR count). The van der Waals surface area contributed by atoms with Gasteiger partial charge in [-0.05, 0) is 30.7 Å². The summed E-state index contributed by atoms with van der Waals surface area (Å²) < 4.78 is 18.6. The third kappa shape index (κ3) is 3.24. The van der Waals surface area contributed by atoms with Gasteiger partial charge in [0.15, 0.2) is 0 Å². The van der Waals surface area contributed by atoms with Gasteiger partial charge in [-0.3, -0.25) is 10.1 Å². The summed E-state index contributed by atoms with van der Waals surface area (Å²) >= 11 is 5.82. The van der Waals surface area contributed by atoms with Crippen molar-refractivity contribution in [3.05, 3.63) is 68.5 Å². The molecule has 0 radical (unpaired) electrons. The van der Waals surface area contributed by atoms with Crippen LogP contribution in [0.3, 0.4) is 0 Å². The van der Waals surface area contributed by atoms with Gasteiger partial charge < -0.3 is 4.74 Å². The van der Waals surface area contributed by atoms with Gasteiger partial charge in [-0.25, -0.2) is 4.39 Å². The SMILES string of the molecule is Cc1ccc(F)cc1OCc1cc(Cl)ccc1[N+](=O)[O-]. The maximum atomic E-state index is 13.1. The van der Waals surface area contributed by atoms with Gasteiger partial charge in [0, 0.05) is 17.2 Å². The van der Waals surface area contributed by atoms with Crippen molar-refractivity contribution in [3.63, 3.8) is 0 Å². The largest absolute Gasteiger partial charge is 0.488 e. The normalized spacial score (nSPS) is 10.3. The van der Waals surface area contributed by atoms with Crippen molar-refractivity contribution < 1.29 is 14.1 Å². The van der Waals surface area contributed by atoms with E-state index in [-0.39, 0.29) is 12.3 Å². The topological polar surface area (TPSA) is 52.4 Å². The fourth-order valence-electron chi connectivity index (χ4n) is 1.73. The molecule has 0 spiro atoms. The second kappa shape index (κ2) is 5.88. The molecule has 0 saturated heterocycles. The lowest BCUT2D eigenvalue weighted by Gasteiger charge is -2.09. The lowest BCUT2D eigenvalue weighted by molar-refractivity contribution is -0.385. The van der Waals surface area contributed by atoms with Gasteiger partial charge in [0.1, 0.15) is 18.2 Å². The van der Waals surface area contributed by atoms with Gasteiger partial charge in [-0.1, -0.05) is 17.7 Å². The highest BCUT2D eigenvalue weighted by molar-refractivity contribution is 6.30. The van der Waals surface area contributed by atoms with Crippen LogP contribution in [0.2, 0.25) is 5.02 Å². The van der Waals surface area contributed by atoms with Crippen LogP contribution in [-0.2, 0) is 6.61 Å². The number of benzene rings is 2. The first-order valence-electron chi connectivity index (χ1n) is 5.79. The molecule has 0 fully saturated rings. The summed E-state index contributed by atoms with van der Waals surface area (Å²) in [5.74, 6) is -0.0783. The van der Waals surface area contributed by atoms with Gasteiger partial charge in [-0.2, -0.15) is 0 Å². The zero-order chi connectivity index (χ0) is 14.7. The molecule has 0 aliphatic heterocycles. The van der Waals surface area contributed by atoms with Crippen molar-refractivity contribution in [2.75, 3.05) is 0 Å². The molecule has 0 aliphatic carbocycles. The predicted molar refractivity (Wildman–Crippen MR) is 73.6 cm³/mol. The molecular formula is C14H11ClFNO3. The fourth-order valence-corrected chi connectivity index (χ4v) is 1.93. The molecule has 0 unspecified atom stereocenters. The van der Waals surface area contributed by atoms with E-state index in [1.54, 1.807) is 13.0 Å². The molecule has 0 aliphatic rings. The fraction of sp³-hybridized carbons (Fsp3) is 0.143. The van der Waals surface area contributed by atoms with Crippen molar-refractivity contribution in [2.45, 2.75) is 13.5 Å². The van der Waals surface area contributed by atoms with E-state index < -0.39 is 10.7 Å². The number of aryl methyl sites for hydroxylation is 1. The van der Waals surface area contributed by atoms with Gasteiger partial charge in [-0.15, -0.1) is 0 Å². The lowest BCUT2D eigenvalue weighted by atomic mass is 10.2. The first-order chi connectivity index (χ1) is 9.47. The van der Waals surface area contributed by atoms with Crippen LogP contribution in [0.1, 0.15) is 11.1 Å². The molecule has 2 aromatic carbocycles. The third-order valence-corrected chi connectivity index (χ3v) is 3.01. The first kappa shape index (κ1) is 14.3. The van der Waals surface area contributed by atoms with E-state index in [1.807, 2.05) is 0 Å². The second-order valence-electron chi connectivity index (χ2n) is 4.23. The summed E-state index contributed by atoms with van der Waals surface area (Å²) in [5.41, 5.74) is 1.01. The third-order valence-electron chi connectivity index (χ3n) is 2.77. The van der Waals surface area contributed by atoms with Crippen LogP contribution < -0.4 is 4.74 Å². The molecule has 20 heavy (non-hydrogen) atoms. The Kier molecular flexibility index (Phi) is 4.20. The Bertz CT molecular complexity index is 661. The number of ether oxygens (including phenoxy) is 1. The summed E-state index contributed by atoms with van der Waals surface area (Å²) in [4.78, 5) is 10.4. The Balaban J connectivity index is 2.24. The molecule has 0 heterocycles. The maximum absolute atomic E-state index is 13.1. The molecule has 0 aromatic heterocycles. The molecule has 0 bridgehead atoms. The van der Waals surface area contributed by atoms with E-state index in [0.29, 0.717) is 16.3 Å². The highest BCUT2D eigenvalue weighted by atomic mass is 35.5. The van der Waals surface area contributed by atoms with Crippen molar-refractivity contribution in [3.8, 4) is 5.75 Å². The molecule has 0 atom stereocenters. The lowest BCUT2D eigenvalue weighted by Crippen LogP contribution is -2.01. The Morgan fingerprint density at radius 3 is 2.75 bits per heavy atom. The number of halogens is 2. The quantitative estimate of drug-likeness (QED) is 0.625. The summed E-state index contributed by atoms with van der Waals surface area (Å²) in [6.45, 7) is 1.71. The molecule has 4 nitrogen and oxygen atoms in total. The van der Waals surface area contributed by atoms with Gasteiger partial charge in [0.25, 0.3) is 5.69 Å². The standard InChI is InChI=1S/C14H11ClFNO3/c1-9-2-4-12(16)7-14(9)20-8-10-6-11(15)3-5-13(10)17(18)19/h2-7H,8H2,1H3. The van der Waals surface area contributed by atoms with Crippen LogP contribution >= 0.6 is 11.6 Å². The monoisotopic (exact) mass is 295 g/mol. The molecule has 104 valence electrons. The minimum atomic E-state index is -0.506. The predicted octanol–water partition coefficient (Wildman–Crippen LogP) is 4.27. The van der Waals surface area contributed by atoms with Crippen LogP contribution in [0.25, 0.3) is 0 Å². The van der Waals surface area contributed by atoms with Crippen LogP contribution in [0.15, 0.2) is 36.4 Å². The Morgan fingerprint density at radius 2 is 2.05 bits per heavy atom. The van der Waals surface area contributed by atoms with E-state index in [2.05, 4.69) is 0 Å². The Hall–Kier alpha value is -2.14. The van der Waals surface area contributed by atoms with Gasteiger partial charge in [0.05, 0.1) is 10.5 Å². The highest BCUT2D eigenvalue weighted by Crippen LogP contribution is 2.26. The average Bonchev–Trinajstić information content (AvgIpc) is 2.39. The summed E-state index contributed by atoms with van der Waals surface area (Å²) in [6, 6.07) is 8.37. The van der Waals surface area contributed by atoms with E-state index in [0.717, 1.165) is 5.56 Å². The van der Waals surface area contributed by atoms with Crippen LogP contribution in [0.5, 0.6) is 5.75 Å². The van der Waals surface area contributed by atoms with Crippen molar-refractivity contribution in [2.24, 2.45) is 0 Å². The summed E-state index contributed by atoms with van der Waals surface area (Å²) in [6.07, 6.45) is 0. The number of nitrogens with zero attached hydrogens (tertiary/aromatic N) is 1. The molecular weight excluding hydrogens is 285 g/mol. The average molecular weight is 296 g/mol. The van der Waals surface area contributed by atoms with E-state index in [4.69, 9.17) is 16.3 Å². The molecule has 0 saturated carbocycles. The van der Waals surface area contributed by atoms with E-state index in [9.17, 15) is 14.5 Å². The zero-order valence-corrected chi connectivity index (χ0v) is 11.4. The number of hydrogen-bond donors (Lipinski definition) is 0. The number of hydrogen-bond acceptors (Lipinski definition) is 3. The summed E-state index contributed by atoms with van der Waals surface area (Å²) in [7, 11) is 0. The van der Waals surface area contributed by atoms with Crippen molar-refractivity contribution >= 4 is 17.3 Å².